The Kier molecular flexibility index (Phi) is 4.86. The van der Waals surface area contributed by atoms with Crippen molar-refractivity contribution in [3.8, 4) is 11.5 Å². The summed E-state index contributed by atoms with van der Waals surface area (Å²) in [6.07, 6.45) is 1.69. The molecule has 0 spiro atoms. The van der Waals surface area contributed by atoms with Gasteiger partial charge >= 0.3 is 0 Å². The van der Waals surface area contributed by atoms with Crippen molar-refractivity contribution in [3.05, 3.63) is 77.7 Å². The van der Waals surface area contributed by atoms with Crippen LogP contribution in [0.15, 0.2) is 65.3 Å². The van der Waals surface area contributed by atoms with E-state index < -0.39 is 0 Å². The van der Waals surface area contributed by atoms with Crippen LogP contribution in [0, 0.1) is 0 Å². The Balaban J connectivity index is 1.63. The summed E-state index contributed by atoms with van der Waals surface area (Å²) < 4.78 is 5.54. The van der Waals surface area contributed by atoms with Crippen LogP contribution in [-0.2, 0) is 13.2 Å². The highest BCUT2D eigenvalue weighted by Crippen LogP contribution is 2.19. The van der Waals surface area contributed by atoms with E-state index in [0.717, 1.165) is 22.4 Å². The molecule has 4 heteroatoms. The average Bonchev–Trinajstić information content (AvgIpc) is 3.09. The summed E-state index contributed by atoms with van der Waals surface area (Å²) in [4.78, 5) is 4.51. The van der Waals surface area contributed by atoms with Gasteiger partial charge in [0.1, 0.15) is 6.26 Å². The van der Waals surface area contributed by atoms with Gasteiger partial charge in [-0.05, 0) is 30.2 Å². The largest absolute Gasteiger partial charge is 0.444 e. The number of aliphatic hydroxyl groups excluding tert-OH is 1. The fourth-order valence-electron chi connectivity index (χ4n) is 2.44. The van der Waals surface area contributed by atoms with Crippen molar-refractivity contribution in [1.82, 2.24) is 10.3 Å². The molecule has 2 aromatic carbocycles. The summed E-state index contributed by atoms with van der Waals surface area (Å²) in [5, 5.41) is 12.6. The van der Waals surface area contributed by atoms with Gasteiger partial charge < -0.3 is 14.8 Å². The van der Waals surface area contributed by atoms with Crippen molar-refractivity contribution < 1.29 is 9.52 Å². The van der Waals surface area contributed by atoms with Crippen LogP contribution >= 0.6 is 0 Å². The predicted octanol–water partition coefficient (Wildman–Crippen LogP) is 3.68. The molecule has 0 aliphatic heterocycles. The highest BCUT2D eigenvalue weighted by atomic mass is 16.3. The maximum atomic E-state index is 9.22. The molecule has 0 fully saturated rings. The maximum absolute atomic E-state index is 9.22. The molecule has 0 saturated heterocycles. The average molecular weight is 308 g/mol. The van der Waals surface area contributed by atoms with Crippen LogP contribution in [0.1, 0.15) is 29.8 Å². The Morgan fingerprint density at radius 1 is 1.13 bits per heavy atom. The third-order valence-electron chi connectivity index (χ3n) is 3.80. The zero-order valence-corrected chi connectivity index (χ0v) is 13.1. The quantitative estimate of drug-likeness (QED) is 0.729. The van der Waals surface area contributed by atoms with Crippen molar-refractivity contribution in [2.24, 2.45) is 0 Å². The molecule has 1 atom stereocenters. The molecule has 0 aliphatic rings. The van der Waals surface area contributed by atoms with E-state index in [4.69, 9.17) is 4.42 Å². The summed E-state index contributed by atoms with van der Waals surface area (Å²) in [7, 11) is 0. The monoisotopic (exact) mass is 308 g/mol. The molecule has 2 N–H and O–H groups in total. The molecule has 0 aliphatic carbocycles. The second-order valence-electron chi connectivity index (χ2n) is 5.52. The number of rotatable bonds is 6. The number of hydrogen-bond donors (Lipinski definition) is 2. The van der Waals surface area contributed by atoms with Crippen LogP contribution < -0.4 is 5.32 Å². The molecule has 3 rings (SSSR count). The number of benzene rings is 2. The van der Waals surface area contributed by atoms with Gasteiger partial charge in [-0.2, -0.15) is 0 Å². The Bertz CT molecular complexity index is 753. The van der Waals surface area contributed by atoms with E-state index in [0.29, 0.717) is 12.4 Å². The smallest absolute Gasteiger partial charge is 0.226 e. The van der Waals surface area contributed by atoms with Gasteiger partial charge in [0.2, 0.25) is 5.89 Å². The van der Waals surface area contributed by atoms with Crippen LogP contribution in [0.2, 0.25) is 0 Å². The van der Waals surface area contributed by atoms with Gasteiger partial charge in [0, 0.05) is 18.2 Å². The number of oxazole rings is 1. The van der Waals surface area contributed by atoms with E-state index in [1.165, 1.54) is 0 Å². The fraction of sp³-hybridized carbons (Fsp3) is 0.211. The lowest BCUT2D eigenvalue weighted by atomic mass is 10.1. The van der Waals surface area contributed by atoms with Gasteiger partial charge in [-0.1, -0.05) is 42.5 Å². The first-order chi connectivity index (χ1) is 11.3. The number of aliphatic hydroxyl groups is 1. The molecule has 1 unspecified atom stereocenters. The van der Waals surface area contributed by atoms with E-state index >= 15 is 0 Å². The van der Waals surface area contributed by atoms with Gasteiger partial charge in [-0.15, -0.1) is 0 Å². The minimum Gasteiger partial charge on any atom is -0.444 e. The van der Waals surface area contributed by atoms with Gasteiger partial charge in [0.15, 0.2) is 0 Å². The highest BCUT2D eigenvalue weighted by Gasteiger charge is 2.09. The van der Waals surface area contributed by atoms with Crippen molar-refractivity contribution in [2.45, 2.75) is 26.1 Å². The van der Waals surface area contributed by atoms with Gasteiger partial charge in [-0.3, -0.25) is 0 Å². The van der Waals surface area contributed by atoms with Crippen LogP contribution in [0.5, 0.6) is 0 Å². The van der Waals surface area contributed by atoms with E-state index in [1.807, 2.05) is 48.5 Å². The third-order valence-corrected chi connectivity index (χ3v) is 3.80. The van der Waals surface area contributed by atoms with Gasteiger partial charge in [0.25, 0.3) is 0 Å². The highest BCUT2D eigenvalue weighted by molar-refractivity contribution is 5.52. The lowest BCUT2D eigenvalue weighted by Gasteiger charge is -2.14. The topological polar surface area (TPSA) is 58.3 Å². The first-order valence-corrected chi connectivity index (χ1v) is 7.69. The lowest BCUT2D eigenvalue weighted by molar-refractivity contribution is 0.281. The van der Waals surface area contributed by atoms with Crippen molar-refractivity contribution >= 4 is 0 Å². The van der Waals surface area contributed by atoms with Crippen molar-refractivity contribution in [3.63, 3.8) is 0 Å². The van der Waals surface area contributed by atoms with Crippen LogP contribution in [0.4, 0.5) is 0 Å². The summed E-state index contributed by atoms with van der Waals surface area (Å²) >= 11 is 0. The molecule has 1 heterocycles. The molecule has 4 nitrogen and oxygen atoms in total. The summed E-state index contributed by atoms with van der Waals surface area (Å²) in [5.74, 6) is 0.636. The van der Waals surface area contributed by atoms with Gasteiger partial charge in [0.05, 0.1) is 12.3 Å². The Hall–Kier alpha value is -2.43. The summed E-state index contributed by atoms with van der Waals surface area (Å²) in [5.41, 5.74) is 3.91. The SMILES string of the molecule is CC(NCc1coc(-c2ccccc2)n1)c1cccc(CO)c1. The second kappa shape index (κ2) is 7.22. The predicted molar refractivity (Wildman–Crippen MR) is 89.6 cm³/mol. The van der Waals surface area contributed by atoms with E-state index in [-0.39, 0.29) is 12.6 Å². The minimum absolute atomic E-state index is 0.0598. The number of aromatic nitrogens is 1. The van der Waals surface area contributed by atoms with Crippen molar-refractivity contribution in [1.29, 1.82) is 0 Å². The van der Waals surface area contributed by atoms with Crippen LogP contribution in [-0.4, -0.2) is 10.1 Å². The summed E-state index contributed by atoms with van der Waals surface area (Å²) in [6, 6.07) is 18.0. The standard InChI is InChI=1S/C19H20N2O2/c1-14(17-9-5-6-15(10-17)12-22)20-11-18-13-23-19(21-18)16-7-3-2-4-8-16/h2-10,13-14,20,22H,11-12H2,1H3. The zero-order chi connectivity index (χ0) is 16.1. The molecule has 0 amide bonds. The number of nitrogens with zero attached hydrogens (tertiary/aromatic N) is 1. The normalized spacial score (nSPS) is 12.3. The van der Waals surface area contributed by atoms with Crippen molar-refractivity contribution in [2.75, 3.05) is 0 Å². The molecular weight excluding hydrogens is 288 g/mol. The first-order valence-electron chi connectivity index (χ1n) is 7.69. The second-order valence-corrected chi connectivity index (χ2v) is 5.52. The maximum Gasteiger partial charge on any atom is 0.226 e. The molecule has 1 aromatic heterocycles. The summed E-state index contributed by atoms with van der Waals surface area (Å²) in [6.45, 7) is 2.78. The van der Waals surface area contributed by atoms with Crippen LogP contribution in [0.25, 0.3) is 11.5 Å². The Morgan fingerprint density at radius 3 is 2.74 bits per heavy atom. The van der Waals surface area contributed by atoms with E-state index in [9.17, 15) is 5.11 Å². The fourth-order valence-corrected chi connectivity index (χ4v) is 2.44. The molecule has 0 saturated carbocycles. The molecule has 118 valence electrons. The number of nitrogens with one attached hydrogen (secondary N) is 1. The molecule has 23 heavy (non-hydrogen) atoms. The third kappa shape index (κ3) is 3.86. The Labute approximate surface area is 135 Å². The molecule has 0 radical (unpaired) electrons. The minimum atomic E-state index is 0.0598. The van der Waals surface area contributed by atoms with E-state index in [1.54, 1.807) is 6.26 Å². The molecular formula is C19H20N2O2. The molecule has 0 bridgehead atoms. The van der Waals surface area contributed by atoms with Gasteiger partial charge in [-0.25, -0.2) is 4.98 Å². The zero-order valence-electron chi connectivity index (χ0n) is 13.1. The number of hydrogen-bond acceptors (Lipinski definition) is 4. The molecule has 3 aromatic rings. The van der Waals surface area contributed by atoms with Crippen LogP contribution in [0.3, 0.4) is 0 Å². The Morgan fingerprint density at radius 2 is 1.96 bits per heavy atom. The first kappa shape index (κ1) is 15.5. The van der Waals surface area contributed by atoms with E-state index in [2.05, 4.69) is 23.3 Å². The lowest BCUT2D eigenvalue weighted by Crippen LogP contribution is -2.18.